The zero-order valence-corrected chi connectivity index (χ0v) is 15.0. The highest BCUT2D eigenvalue weighted by Crippen LogP contribution is 2.30. The first-order chi connectivity index (χ1) is 11.4. The zero-order valence-electron chi connectivity index (χ0n) is 15.0. The van der Waals surface area contributed by atoms with Crippen LogP contribution in [-0.4, -0.2) is 49.3 Å². The molecular formula is C19H29N3O2. The van der Waals surface area contributed by atoms with Crippen LogP contribution in [0.2, 0.25) is 0 Å². The van der Waals surface area contributed by atoms with Crippen molar-refractivity contribution in [3.8, 4) is 0 Å². The molecule has 1 unspecified atom stereocenters. The fraction of sp³-hybridized carbons (Fsp3) is 0.632. The lowest BCUT2D eigenvalue weighted by Crippen LogP contribution is -2.50. The van der Waals surface area contributed by atoms with Gasteiger partial charge in [0.15, 0.2) is 0 Å². The van der Waals surface area contributed by atoms with Crippen LogP contribution in [-0.2, 0) is 4.74 Å². The van der Waals surface area contributed by atoms with Crippen LogP contribution in [0.25, 0.3) is 0 Å². The minimum atomic E-state index is -0.453. The number of ether oxygens (including phenoxy) is 1. The number of nitrogens with one attached hydrogen (secondary N) is 1. The van der Waals surface area contributed by atoms with E-state index in [0.29, 0.717) is 13.1 Å². The number of para-hydroxylation sites is 1. The SMILES string of the molecule is CC(C)(C)OC(=O)N1CCNC(c2ccccc2N2CCCC2)C1. The molecule has 2 heterocycles. The van der Waals surface area contributed by atoms with Gasteiger partial charge in [-0.3, -0.25) is 0 Å². The minimum Gasteiger partial charge on any atom is -0.444 e. The van der Waals surface area contributed by atoms with Crippen molar-refractivity contribution < 1.29 is 9.53 Å². The highest BCUT2D eigenvalue weighted by atomic mass is 16.6. The van der Waals surface area contributed by atoms with Crippen molar-refractivity contribution >= 4 is 11.8 Å². The monoisotopic (exact) mass is 331 g/mol. The van der Waals surface area contributed by atoms with E-state index in [0.717, 1.165) is 19.6 Å². The van der Waals surface area contributed by atoms with Gasteiger partial charge < -0.3 is 19.9 Å². The van der Waals surface area contributed by atoms with Crippen molar-refractivity contribution in [1.82, 2.24) is 10.2 Å². The maximum atomic E-state index is 12.4. The molecule has 1 atom stereocenters. The van der Waals surface area contributed by atoms with Crippen molar-refractivity contribution in [2.24, 2.45) is 0 Å². The Bertz CT molecular complexity index is 576. The first kappa shape index (κ1) is 17.1. The Kier molecular flexibility index (Phi) is 4.99. The van der Waals surface area contributed by atoms with Gasteiger partial charge in [-0.15, -0.1) is 0 Å². The molecule has 1 aromatic carbocycles. The number of piperazine rings is 1. The lowest BCUT2D eigenvalue weighted by molar-refractivity contribution is 0.0195. The predicted octanol–water partition coefficient (Wildman–Crippen LogP) is 3.17. The van der Waals surface area contributed by atoms with E-state index < -0.39 is 5.60 Å². The van der Waals surface area contributed by atoms with Crippen molar-refractivity contribution in [1.29, 1.82) is 0 Å². The van der Waals surface area contributed by atoms with Crippen molar-refractivity contribution in [2.75, 3.05) is 37.6 Å². The predicted molar refractivity (Wildman–Crippen MR) is 96.4 cm³/mol. The summed E-state index contributed by atoms with van der Waals surface area (Å²) in [6, 6.07) is 8.73. The molecule has 5 heteroatoms. The van der Waals surface area contributed by atoms with Crippen molar-refractivity contribution in [2.45, 2.75) is 45.3 Å². The molecule has 132 valence electrons. The third kappa shape index (κ3) is 4.01. The number of carbonyl (C=O) groups excluding carboxylic acids is 1. The molecule has 5 nitrogen and oxygen atoms in total. The Morgan fingerprint density at radius 3 is 2.58 bits per heavy atom. The summed E-state index contributed by atoms with van der Waals surface area (Å²) in [4.78, 5) is 16.7. The quantitative estimate of drug-likeness (QED) is 0.904. The molecular weight excluding hydrogens is 302 g/mol. The summed E-state index contributed by atoms with van der Waals surface area (Å²) in [6.07, 6.45) is 2.31. The summed E-state index contributed by atoms with van der Waals surface area (Å²) in [5, 5.41) is 3.57. The second kappa shape index (κ2) is 7.01. The summed E-state index contributed by atoms with van der Waals surface area (Å²) in [5.74, 6) is 0. The molecule has 0 bridgehead atoms. The van der Waals surface area contributed by atoms with Gasteiger partial charge in [0.05, 0.1) is 6.04 Å². The van der Waals surface area contributed by atoms with E-state index in [1.807, 2.05) is 25.7 Å². The number of carbonyl (C=O) groups is 1. The highest BCUT2D eigenvalue weighted by molar-refractivity contribution is 5.68. The van der Waals surface area contributed by atoms with Gasteiger partial charge in [-0.1, -0.05) is 18.2 Å². The third-order valence-electron chi connectivity index (χ3n) is 4.59. The van der Waals surface area contributed by atoms with E-state index in [1.54, 1.807) is 0 Å². The molecule has 2 aliphatic heterocycles. The minimum absolute atomic E-state index is 0.156. The average Bonchev–Trinajstić information content (AvgIpc) is 3.08. The molecule has 1 N–H and O–H groups in total. The molecule has 2 aliphatic rings. The molecule has 2 saturated heterocycles. The van der Waals surface area contributed by atoms with Gasteiger partial charge in [0, 0.05) is 38.4 Å². The van der Waals surface area contributed by atoms with Crippen LogP contribution < -0.4 is 10.2 Å². The average molecular weight is 331 g/mol. The number of anilines is 1. The second-order valence-electron chi connectivity index (χ2n) is 7.69. The van der Waals surface area contributed by atoms with Crippen LogP contribution in [0, 0.1) is 0 Å². The van der Waals surface area contributed by atoms with E-state index in [1.165, 1.54) is 24.1 Å². The summed E-state index contributed by atoms with van der Waals surface area (Å²) in [7, 11) is 0. The van der Waals surface area contributed by atoms with Crippen LogP contribution in [0.3, 0.4) is 0 Å². The lowest BCUT2D eigenvalue weighted by atomic mass is 10.0. The number of hydrogen-bond acceptors (Lipinski definition) is 4. The summed E-state index contributed by atoms with van der Waals surface area (Å²) >= 11 is 0. The van der Waals surface area contributed by atoms with Crippen molar-refractivity contribution in [3.05, 3.63) is 29.8 Å². The van der Waals surface area contributed by atoms with Crippen LogP contribution in [0.15, 0.2) is 24.3 Å². The van der Waals surface area contributed by atoms with Gasteiger partial charge in [0.1, 0.15) is 5.60 Å². The van der Waals surface area contributed by atoms with Gasteiger partial charge in [-0.25, -0.2) is 4.79 Å². The molecule has 1 aromatic rings. The lowest BCUT2D eigenvalue weighted by Gasteiger charge is -2.36. The Morgan fingerprint density at radius 1 is 1.17 bits per heavy atom. The summed E-state index contributed by atoms with van der Waals surface area (Å²) < 4.78 is 5.54. The molecule has 3 rings (SSSR count). The number of benzene rings is 1. The molecule has 0 saturated carbocycles. The third-order valence-corrected chi connectivity index (χ3v) is 4.59. The fourth-order valence-corrected chi connectivity index (χ4v) is 3.48. The van der Waals surface area contributed by atoms with Crippen LogP contribution >= 0.6 is 0 Å². The van der Waals surface area contributed by atoms with Crippen molar-refractivity contribution in [3.63, 3.8) is 0 Å². The standard InChI is InChI=1S/C19H29N3O2/c1-19(2,3)24-18(23)22-13-10-20-16(14-22)15-8-4-5-9-17(15)21-11-6-7-12-21/h4-5,8-9,16,20H,6-7,10-14H2,1-3H3. The van der Waals surface area contributed by atoms with Gasteiger partial charge in [0.25, 0.3) is 0 Å². The zero-order chi connectivity index (χ0) is 17.2. The maximum absolute atomic E-state index is 12.4. The molecule has 0 spiro atoms. The summed E-state index contributed by atoms with van der Waals surface area (Å²) in [5.41, 5.74) is 2.14. The smallest absolute Gasteiger partial charge is 0.410 e. The van der Waals surface area contributed by atoms with Gasteiger partial charge in [-0.05, 0) is 45.2 Å². The van der Waals surface area contributed by atoms with E-state index in [4.69, 9.17) is 4.74 Å². The molecule has 24 heavy (non-hydrogen) atoms. The molecule has 1 amide bonds. The van der Waals surface area contributed by atoms with Gasteiger partial charge in [-0.2, -0.15) is 0 Å². The van der Waals surface area contributed by atoms with Crippen LogP contribution in [0.1, 0.15) is 45.2 Å². The number of amides is 1. The summed E-state index contributed by atoms with van der Waals surface area (Å²) in [6.45, 7) is 10.1. The Labute approximate surface area is 145 Å². The fourth-order valence-electron chi connectivity index (χ4n) is 3.48. The Balaban J connectivity index is 1.74. The Morgan fingerprint density at radius 2 is 1.88 bits per heavy atom. The topological polar surface area (TPSA) is 44.8 Å². The normalized spacial score (nSPS) is 21.9. The van der Waals surface area contributed by atoms with E-state index in [2.05, 4.69) is 34.5 Å². The molecule has 0 aliphatic carbocycles. The molecule has 0 radical (unpaired) electrons. The molecule has 2 fully saturated rings. The van der Waals surface area contributed by atoms with Crippen LogP contribution in [0.4, 0.5) is 10.5 Å². The van der Waals surface area contributed by atoms with Gasteiger partial charge >= 0.3 is 6.09 Å². The number of hydrogen-bond donors (Lipinski definition) is 1. The molecule has 0 aromatic heterocycles. The number of nitrogens with zero attached hydrogens (tertiary/aromatic N) is 2. The first-order valence-corrected chi connectivity index (χ1v) is 8.99. The largest absolute Gasteiger partial charge is 0.444 e. The number of rotatable bonds is 2. The van der Waals surface area contributed by atoms with E-state index in [-0.39, 0.29) is 12.1 Å². The van der Waals surface area contributed by atoms with Gasteiger partial charge in [0.2, 0.25) is 0 Å². The maximum Gasteiger partial charge on any atom is 0.410 e. The van der Waals surface area contributed by atoms with Crippen LogP contribution in [0.5, 0.6) is 0 Å². The van der Waals surface area contributed by atoms with E-state index >= 15 is 0 Å². The second-order valence-corrected chi connectivity index (χ2v) is 7.69. The Hall–Kier alpha value is -1.75. The van der Waals surface area contributed by atoms with E-state index in [9.17, 15) is 4.79 Å². The highest BCUT2D eigenvalue weighted by Gasteiger charge is 2.30. The first-order valence-electron chi connectivity index (χ1n) is 8.99.